The van der Waals surface area contributed by atoms with E-state index in [1.807, 2.05) is 47.0 Å². The summed E-state index contributed by atoms with van der Waals surface area (Å²) >= 11 is 0. The molecule has 0 amide bonds. The number of nitrogens with one attached hydrogen (secondary N) is 2. The maximum absolute atomic E-state index is 6.00. The maximum Gasteiger partial charge on any atom is 0.191 e. The summed E-state index contributed by atoms with van der Waals surface area (Å²) in [5.41, 5.74) is 1.97. The Morgan fingerprint density at radius 1 is 1.13 bits per heavy atom. The Bertz CT molecular complexity index is 969. The van der Waals surface area contributed by atoms with E-state index in [4.69, 9.17) is 9.73 Å². The SMILES string of the molecule is CCNC(=NCc1ccccc1OCC1CC1)NCCc1nnc2ccccn12.I. The number of nitrogens with zero attached hydrogens (tertiary/aromatic N) is 4. The molecule has 8 heteroatoms. The fourth-order valence-electron chi connectivity index (χ4n) is 3.13. The van der Waals surface area contributed by atoms with Crippen LogP contribution in [0.15, 0.2) is 53.7 Å². The highest BCUT2D eigenvalue weighted by molar-refractivity contribution is 14.0. The zero-order valence-corrected chi connectivity index (χ0v) is 19.6. The minimum Gasteiger partial charge on any atom is -0.493 e. The molecular weight excluding hydrogens is 491 g/mol. The van der Waals surface area contributed by atoms with Gasteiger partial charge in [-0.1, -0.05) is 24.3 Å². The van der Waals surface area contributed by atoms with Gasteiger partial charge in [-0.3, -0.25) is 4.40 Å². The van der Waals surface area contributed by atoms with E-state index < -0.39 is 0 Å². The first-order valence-corrected chi connectivity index (χ1v) is 10.3. The Hall–Kier alpha value is -2.36. The van der Waals surface area contributed by atoms with E-state index in [9.17, 15) is 0 Å². The van der Waals surface area contributed by atoms with Gasteiger partial charge in [-0.15, -0.1) is 34.2 Å². The molecule has 30 heavy (non-hydrogen) atoms. The number of hydrogen-bond acceptors (Lipinski definition) is 4. The first kappa shape index (κ1) is 22.3. The van der Waals surface area contributed by atoms with Crippen molar-refractivity contribution in [2.24, 2.45) is 10.9 Å². The fourth-order valence-corrected chi connectivity index (χ4v) is 3.13. The van der Waals surface area contributed by atoms with Gasteiger partial charge in [0.05, 0.1) is 13.2 Å². The molecule has 0 saturated heterocycles. The average molecular weight is 520 g/mol. The molecule has 4 rings (SSSR count). The van der Waals surface area contributed by atoms with Gasteiger partial charge >= 0.3 is 0 Å². The standard InChI is InChI=1S/C22H28N6O.HI/c1-2-23-22(24-13-12-21-27-26-20-9-5-6-14-28(20)21)25-15-18-7-3-4-8-19(18)29-16-17-10-11-17;/h3-9,14,17H,2,10-13,15-16H2,1H3,(H2,23,24,25);1H. The number of fused-ring (bicyclic) bond motifs is 1. The molecule has 7 nitrogen and oxygen atoms in total. The van der Waals surface area contributed by atoms with Crippen LogP contribution in [0.3, 0.4) is 0 Å². The molecule has 2 heterocycles. The highest BCUT2D eigenvalue weighted by atomic mass is 127. The quantitative estimate of drug-likeness (QED) is 0.257. The van der Waals surface area contributed by atoms with Crippen molar-refractivity contribution in [3.05, 3.63) is 60.0 Å². The first-order valence-electron chi connectivity index (χ1n) is 10.3. The summed E-state index contributed by atoms with van der Waals surface area (Å²) in [6, 6.07) is 14.1. The molecule has 1 aliphatic carbocycles. The van der Waals surface area contributed by atoms with Gasteiger partial charge in [0.2, 0.25) is 0 Å². The van der Waals surface area contributed by atoms with Crippen molar-refractivity contribution in [1.29, 1.82) is 0 Å². The van der Waals surface area contributed by atoms with Crippen LogP contribution in [-0.2, 0) is 13.0 Å². The van der Waals surface area contributed by atoms with Crippen LogP contribution in [-0.4, -0.2) is 40.3 Å². The van der Waals surface area contributed by atoms with Gasteiger partial charge in [-0.25, -0.2) is 4.99 Å². The Morgan fingerprint density at radius 2 is 1.97 bits per heavy atom. The summed E-state index contributed by atoms with van der Waals surface area (Å²) < 4.78 is 8.01. The molecule has 1 aliphatic rings. The molecular formula is C22H29IN6O. The lowest BCUT2D eigenvalue weighted by molar-refractivity contribution is 0.297. The molecule has 160 valence electrons. The van der Waals surface area contributed by atoms with Crippen LogP contribution >= 0.6 is 24.0 Å². The van der Waals surface area contributed by atoms with Gasteiger partial charge in [0.15, 0.2) is 11.6 Å². The summed E-state index contributed by atoms with van der Waals surface area (Å²) in [6.45, 7) is 4.98. The summed E-state index contributed by atoms with van der Waals surface area (Å²) in [4.78, 5) is 4.74. The number of guanidine groups is 1. The highest BCUT2D eigenvalue weighted by Crippen LogP contribution is 2.30. The van der Waals surface area contributed by atoms with Crippen molar-refractivity contribution in [1.82, 2.24) is 25.2 Å². The summed E-state index contributed by atoms with van der Waals surface area (Å²) in [7, 11) is 0. The fraction of sp³-hybridized carbons (Fsp3) is 0.409. The van der Waals surface area contributed by atoms with E-state index in [0.717, 1.165) is 60.8 Å². The molecule has 0 aliphatic heterocycles. The molecule has 0 radical (unpaired) electrons. The molecule has 2 N–H and O–H groups in total. The van der Waals surface area contributed by atoms with Gasteiger partial charge in [0.25, 0.3) is 0 Å². The van der Waals surface area contributed by atoms with Gasteiger partial charge in [0, 0.05) is 31.3 Å². The van der Waals surface area contributed by atoms with E-state index in [2.05, 4.69) is 33.8 Å². The second kappa shape index (κ2) is 11.1. The van der Waals surface area contributed by atoms with E-state index >= 15 is 0 Å². The molecule has 1 aromatic carbocycles. The summed E-state index contributed by atoms with van der Waals surface area (Å²) in [5.74, 6) is 3.40. The molecule has 0 atom stereocenters. The zero-order chi connectivity index (χ0) is 19.9. The monoisotopic (exact) mass is 520 g/mol. The molecule has 0 spiro atoms. The lowest BCUT2D eigenvalue weighted by atomic mass is 10.2. The molecule has 1 fully saturated rings. The minimum absolute atomic E-state index is 0. The average Bonchev–Trinajstić information content (AvgIpc) is 3.50. The normalized spacial score (nSPS) is 13.7. The van der Waals surface area contributed by atoms with Crippen LogP contribution in [0.4, 0.5) is 0 Å². The van der Waals surface area contributed by atoms with E-state index in [1.165, 1.54) is 12.8 Å². The van der Waals surface area contributed by atoms with Gasteiger partial charge < -0.3 is 15.4 Å². The van der Waals surface area contributed by atoms with Crippen molar-refractivity contribution in [3.8, 4) is 5.75 Å². The van der Waals surface area contributed by atoms with Gasteiger partial charge in [-0.2, -0.15) is 0 Å². The third kappa shape index (κ3) is 6.07. The largest absolute Gasteiger partial charge is 0.493 e. The summed E-state index contributed by atoms with van der Waals surface area (Å²) in [5, 5.41) is 15.2. The number of ether oxygens (including phenoxy) is 1. The summed E-state index contributed by atoms with van der Waals surface area (Å²) in [6.07, 6.45) is 5.32. The number of rotatable bonds is 9. The van der Waals surface area contributed by atoms with Crippen molar-refractivity contribution in [2.75, 3.05) is 19.7 Å². The van der Waals surface area contributed by atoms with Gasteiger partial charge in [0.1, 0.15) is 11.6 Å². The Balaban J connectivity index is 0.00000256. The number of aromatic nitrogens is 3. The van der Waals surface area contributed by atoms with Crippen molar-refractivity contribution >= 4 is 35.6 Å². The molecule has 0 unspecified atom stereocenters. The third-order valence-corrected chi connectivity index (χ3v) is 4.92. The molecule has 2 aromatic heterocycles. The highest BCUT2D eigenvalue weighted by Gasteiger charge is 2.22. The van der Waals surface area contributed by atoms with E-state index in [0.29, 0.717) is 6.54 Å². The van der Waals surface area contributed by atoms with Crippen LogP contribution in [0.5, 0.6) is 5.75 Å². The molecule has 3 aromatic rings. The van der Waals surface area contributed by atoms with E-state index in [1.54, 1.807) is 0 Å². The van der Waals surface area contributed by atoms with Crippen LogP contribution in [0.1, 0.15) is 31.2 Å². The van der Waals surface area contributed by atoms with E-state index in [-0.39, 0.29) is 24.0 Å². The third-order valence-electron chi connectivity index (χ3n) is 4.92. The number of para-hydroxylation sites is 1. The van der Waals surface area contributed by atoms with Gasteiger partial charge in [-0.05, 0) is 43.9 Å². The lowest BCUT2D eigenvalue weighted by Gasteiger charge is -2.13. The van der Waals surface area contributed by atoms with Crippen LogP contribution in [0.2, 0.25) is 0 Å². The Kier molecular flexibility index (Phi) is 8.30. The topological polar surface area (TPSA) is 75.8 Å². The number of pyridine rings is 1. The second-order valence-electron chi connectivity index (χ2n) is 7.28. The maximum atomic E-state index is 6.00. The number of benzene rings is 1. The van der Waals surface area contributed by atoms with Crippen LogP contribution in [0, 0.1) is 5.92 Å². The number of halogens is 1. The minimum atomic E-state index is 0. The Labute approximate surface area is 194 Å². The van der Waals surface area contributed by atoms with Crippen molar-refractivity contribution in [2.45, 2.75) is 32.7 Å². The van der Waals surface area contributed by atoms with Crippen LogP contribution < -0.4 is 15.4 Å². The lowest BCUT2D eigenvalue weighted by Crippen LogP contribution is -2.38. The van der Waals surface area contributed by atoms with Crippen molar-refractivity contribution in [3.63, 3.8) is 0 Å². The number of aliphatic imine (C=N–C) groups is 1. The smallest absolute Gasteiger partial charge is 0.191 e. The predicted octanol–water partition coefficient (Wildman–Crippen LogP) is 3.43. The first-order chi connectivity index (χ1) is 14.3. The predicted molar refractivity (Wildman–Crippen MR) is 130 cm³/mol. The molecule has 1 saturated carbocycles. The number of hydrogen-bond donors (Lipinski definition) is 2. The van der Waals surface area contributed by atoms with Crippen LogP contribution in [0.25, 0.3) is 5.65 Å². The zero-order valence-electron chi connectivity index (χ0n) is 17.3. The molecule has 0 bridgehead atoms. The van der Waals surface area contributed by atoms with Crippen molar-refractivity contribution < 1.29 is 4.74 Å². The second-order valence-corrected chi connectivity index (χ2v) is 7.28. The Morgan fingerprint density at radius 3 is 2.80 bits per heavy atom.